The van der Waals surface area contributed by atoms with Gasteiger partial charge in [0.05, 0.1) is 22.1 Å². The molecule has 0 aliphatic carbocycles. The van der Waals surface area contributed by atoms with Crippen molar-refractivity contribution in [2.45, 2.75) is 52.4 Å². The molecule has 0 saturated carbocycles. The van der Waals surface area contributed by atoms with E-state index < -0.39 is 0 Å². The largest absolute Gasteiger partial charge is 0.458 e. The lowest BCUT2D eigenvalue weighted by Gasteiger charge is -2.34. The van der Waals surface area contributed by atoms with Gasteiger partial charge in [-0.15, -0.1) is 0 Å². The van der Waals surface area contributed by atoms with Gasteiger partial charge in [-0.25, -0.2) is 0 Å². The molecule has 2 aromatic heterocycles. The second kappa shape index (κ2) is 9.99. The van der Waals surface area contributed by atoms with Gasteiger partial charge >= 0.3 is 0 Å². The van der Waals surface area contributed by atoms with Crippen LogP contribution in [0.25, 0.3) is 55.0 Å². The van der Waals surface area contributed by atoms with Crippen LogP contribution in [0.4, 0.5) is 0 Å². The van der Waals surface area contributed by atoms with Gasteiger partial charge in [0.15, 0.2) is 0 Å². The molecule has 0 fully saturated rings. The van der Waals surface area contributed by atoms with Gasteiger partial charge in [0.2, 0.25) is 0 Å². The first-order valence-electron chi connectivity index (χ1n) is 20.0. The maximum absolute atomic E-state index is 6.74. The number of benzene rings is 7. The fourth-order valence-corrected chi connectivity index (χ4v) is 10.7. The van der Waals surface area contributed by atoms with Crippen LogP contribution >= 0.6 is 0 Å². The second-order valence-electron chi connectivity index (χ2n) is 18.5. The molecule has 266 valence electrons. The summed E-state index contributed by atoms with van der Waals surface area (Å²) in [7, 11) is 0. The molecular formula is C50H38B2N2O2. The first kappa shape index (κ1) is 31.1. The minimum absolute atomic E-state index is 0.0129. The predicted octanol–water partition coefficient (Wildman–Crippen LogP) is 8.35. The summed E-state index contributed by atoms with van der Waals surface area (Å²) in [6.45, 7) is 14.0. The Bertz CT molecular complexity index is 3080. The summed E-state index contributed by atoms with van der Waals surface area (Å²) in [5.74, 6) is 3.80. The van der Waals surface area contributed by atoms with Crippen LogP contribution in [0, 0.1) is 0 Å². The zero-order valence-corrected chi connectivity index (χ0v) is 32.4. The lowest BCUT2D eigenvalue weighted by Crippen LogP contribution is -2.58. The van der Waals surface area contributed by atoms with Crippen molar-refractivity contribution in [3.63, 3.8) is 0 Å². The van der Waals surface area contributed by atoms with Gasteiger partial charge in [-0.3, -0.25) is 0 Å². The maximum Gasteiger partial charge on any atom is 0.256 e. The van der Waals surface area contributed by atoms with E-state index in [9.17, 15) is 0 Å². The molecule has 0 N–H and O–H groups in total. The highest BCUT2D eigenvalue weighted by Gasteiger charge is 2.43. The number of hydrogen-bond donors (Lipinski definition) is 0. The maximum atomic E-state index is 6.74. The topological polar surface area (TPSA) is 28.3 Å². The molecule has 0 radical (unpaired) electrons. The Morgan fingerprint density at radius 1 is 0.411 bits per heavy atom. The van der Waals surface area contributed by atoms with E-state index in [-0.39, 0.29) is 24.3 Å². The van der Waals surface area contributed by atoms with Crippen LogP contribution in [0.2, 0.25) is 0 Å². The van der Waals surface area contributed by atoms with E-state index in [1.165, 1.54) is 98.9 Å². The standard InChI is InChI=1S/C50H38B2N2O2/c1-49(2,3)27-15-19-37-35(23-27)51-33-11-7-9-13-41(33)55-43-21-17-29-31-26-40-32(25-39(31)53(37)47(29)45(43)51)30-18-22-44-46-48(30)54(40)38-20-16-28(50(4,5)6)24-36(38)52(46)34-12-8-10-14-42(34)56-44/h7-26H,1-6H3. The summed E-state index contributed by atoms with van der Waals surface area (Å²) in [6, 6.07) is 45.6. The molecule has 6 heterocycles. The number of ether oxygens (including phenoxy) is 2. The molecule has 56 heavy (non-hydrogen) atoms. The Balaban J connectivity index is 1.17. The van der Waals surface area contributed by atoms with Crippen LogP contribution in [-0.2, 0) is 10.8 Å². The van der Waals surface area contributed by atoms with Crippen molar-refractivity contribution in [2.24, 2.45) is 0 Å². The SMILES string of the molecule is CC(C)(C)c1ccc2c(c1)B1c3ccccc3Oc3ccc4c5cc6c(cc5n-2c4c31)c1ccc2c3c1n6-c1ccc(C(C)(C)C)cc1B3c1ccccc1O2. The number of nitrogens with zero attached hydrogens (tertiary/aromatic N) is 2. The smallest absolute Gasteiger partial charge is 0.256 e. The van der Waals surface area contributed by atoms with Gasteiger partial charge in [0, 0.05) is 32.9 Å². The Morgan fingerprint density at radius 3 is 1.27 bits per heavy atom. The molecule has 0 spiro atoms. The lowest BCUT2D eigenvalue weighted by molar-refractivity contribution is 0.487. The van der Waals surface area contributed by atoms with Gasteiger partial charge in [0.25, 0.3) is 13.4 Å². The zero-order valence-electron chi connectivity index (χ0n) is 32.4. The molecule has 6 heteroatoms. The summed E-state index contributed by atoms with van der Waals surface area (Å²) in [5.41, 5.74) is 17.8. The molecular weight excluding hydrogens is 682 g/mol. The van der Waals surface area contributed by atoms with Gasteiger partial charge in [-0.05, 0) is 115 Å². The van der Waals surface area contributed by atoms with E-state index in [2.05, 4.69) is 172 Å². The molecule has 9 aromatic rings. The van der Waals surface area contributed by atoms with E-state index in [4.69, 9.17) is 9.47 Å². The van der Waals surface area contributed by atoms with Crippen molar-refractivity contribution >= 4 is 89.8 Å². The molecule has 4 nitrogen and oxygen atoms in total. The van der Waals surface area contributed by atoms with Crippen molar-refractivity contribution in [2.75, 3.05) is 0 Å². The van der Waals surface area contributed by atoms with Crippen molar-refractivity contribution in [1.82, 2.24) is 9.13 Å². The number of aromatic nitrogens is 2. The fourth-order valence-electron chi connectivity index (χ4n) is 10.7. The molecule has 4 aliphatic heterocycles. The molecule has 7 aromatic carbocycles. The van der Waals surface area contributed by atoms with E-state index in [0.717, 1.165) is 23.0 Å². The minimum Gasteiger partial charge on any atom is -0.458 e. The molecule has 13 rings (SSSR count). The van der Waals surface area contributed by atoms with Crippen LogP contribution < -0.4 is 42.3 Å². The van der Waals surface area contributed by atoms with E-state index >= 15 is 0 Å². The quantitative estimate of drug-likeness (QED) is 0.148. The predicted molar refractivity (Wildman–Crippen MR) is 235 cm³/mol. The number of para-hydroxylation sites is 2. The highest BCUT2D eigenvalue weighted by atomic mass is 16.5. The third kappa shape index (κ3) is 3.73. The van der Waals surface area contributed by atoms with E-state index in [1.807, 2.05) is 0 Å². The van der Waals surface area contributed by atoms with E-state index in [0.29, 0.717) is 0 Å². The monoisotopic (exact) mass is 720 g/mol. The van der Waals surface area contributed by atoms with Gasteiger partial charge in [0.1, 0.15) is 23.0 Å². The van der Waals surface area contributed by atoms with Crippen molar-refractivity contribution < 1.29 is 9.47 Å². The summed E-state index contributed by atoms with van der Waals surface area (Å²) < 4.78 is 18.6. The van der Waals surface area contributed by atoms with Crippen LogP contribution in [0.3, 0.4) is 0 Å². The van der Waals surface area contributed by atoms with Gasteiger partial charge < -0.3 is 18.6 Å². The first-order valence-corrected chi connectivity index (χ1v) is 20.0. The van der Waals surface area contributed by atoms with Crippen LogP contribution in [0.5, 0.6) is 23.0 Å². The first-order chi connectivity index (χ1) is 27.0. The van der Waals surface area contributed by atoms with Gasteiger partial charge in [-0.1, -0.05) is 102 Å². The summed E-state index contributed by atoms with van der Waals surface area (Å²) in [4.78, 5) is 0. The minimum atomic E-state index is 0.0129. The van der Waals surface area contributed by atoms with Crippen LogP contribution in [-0.4, -0.2) is 22.6 Å². The molecule has 4 aliphatic rings. The van der Waals surface area contributed by atoms with E-state index in [1.54, 1.807) is 0 Å². The molecule has 0 bridgehead atoms. The lowest BCUT2D eigenvalue weighted by atomic mass is 9.34. The molecule has 0 saturated heterocycles. The molecule has 0 atom stereocenters. The average molecular weight is 720 g/mol. The molecule has 0 amide bonds. The Kier molecular flexibility index (Phi) is 5.55. The summed E-state index contributed by atoms with van der Waals surface area (Å²) in [6.07, 6.45) is 0. The third-order valence-electron chi connectivity index (χ3n) is 13.3. The fraction of sp³-hybridized carbons (Fsp3) is 0.160. The number of hydrogen-bond acceptors (Lipinski definition) is 2. The highest BCUT2D eigenvalue weighted by Crippen LogP contribution is 2.44. The Hall–Kier alpha value is -6.13. The van der Waals surface area contributed by atoms with Crippen LogP contribution in [0.1, 0.15) is 52.7 Å². The zero-order chi connectivity index (χ0) is 37.6. The summed E-state index contributed by atoms with van der Waals surface area (Å²) >= 11 is 0. The van der Waals surface area contributed by atoms with Crippen molar-refractivity contribution in [1.29, 1.82) is 0 Å². The number of rotatable bonds is 0. The average Bonchev–Trinajstić information content (AvgIpc) is 3.70. The third-order valence-corrected chi connectivity index (χ3v) is 13.3. The van der Waals surface area contributed by atoms with Gasteiger partial charge in [-0.2, -0.15) is 0 Å². The van der Waals surface area contributed by atoms with Crippen LogP contribution in [0.15, 0.2) is 121 Å². The number of fused-ring (bicyclic) bond motifs is 16. The van der Waals surface area contributed by atoms with Crippen molar-refractivity contribution in [3.05, 3.63) is 132 Å². The second-order valence-corrected chi connectivity index (χ2v) is 18.5. The Labute approximate surface area is 326 Å². The molecule has 0 unspecified atom stereocenters. The Morgan fingerprint density at radius 2 is 0.839 bits per heavy atom. The van der Waals surface area contributed by atoms with Crippen molar-refractivity contribution in [3.8, 4) is 34.4 Å². The summed E-state index contributed by atoms with van der Waals surface area (Å²) in [5, 5.41) is 5.03. The normalized spacial score (nSPS) is 14.5. The highest BCUT2D eigenvalue weighted by molar-refractivity contribution is 7.00.